The molecule has 0 radical (unpaired) electrons. The molecule has 0 spiro atoms. The minimum Gasteiger partial charge on any atom is -0.345 e. The van der Waals surface area contributed by atoms with Crippen LogP contribution in [0.5, 0.6) is 0 Å². The van der Waals surface area contributed by atoms with Gasteiger partial charge in [-0.1, -0.05) is 0 Å². The molecule has 4 nitrogen and oxygen atoms in total. The molecule has 0 bridgehead atoms. The van der Waals surface area contributed by atoms with Crippen molar-refractivity contribution in [2.24, 2.45) is 0 Å². The fraction of sp³-hybridized carbons (Fsp3) is 0.750. The van der Waals surface area contributed by atoms with E-state index in [2.05, 4.69) is 5.32 Å². The molecule has 12 heavy (non-hydrogen) atoms. The van der Waals surface area contributed by atoms with E-state index in [0.717, 1.165) is 0 Å². The second kappa shape index (κ2) is 4.09. The lowest BCUT2D eigenvalue weighted by Gasteiger charge is -2.27. The monoisotopic (exact) mass is 172 g/mol. The molecule has 0 aromatic rings. The number of carbonyl (C=O) groups excluding carboxylic acids is 2. The molecular weight excluding hydrogens is 156 g/mol. The normalized spacial score (nSPS) is 10.7. The zero-order chi connectivity index (χ0) is 9.78. The van der Waals surface area contributed by atoms with Crippen molar-refractivity contribution in [3.8, 4) is 0 Å². The summed E-state index contributed by atoms with van der Waals surface area (Å²) >= 11 is 0. The lowest BCUT2D eigenvalue weighted by Crippen LogP contribution is -2.52. The minimum atomic E-state index is -0.799. The Morgan fingerprint density at radius 3 is 2.42 bits per heavy atom. The zero-order valence-corrected chi connectivity index (χ0v) is 8.05. The summed E-state index contributed by atoms with van der Waals surface area (Å²) in [5, 5.41) is 2.47. The van der Waals surface area contributed by atoms with Crippen LogP contribution in [-0.2, 0) is 9.59 Å². The Kier molecular flexibility index (Phi) is 3.73. The molecule has 2 amide bonds. The lowest BCUT2D eigenvalue weighted by molar-refractivity contribution is -0.137. The van der Waals surface area contributed by atoms with Crippen LogP contribution >= 0.6 is 0 Å². The average Bonchev–Trinajstić information content (AvgIpc) is 2.01. The maximum Gasteiger partial charge on any atom is 0.247 e. The van der Waals surface area contributed by atoms with E-state index in [-0.39, 0.29) is 5.91 Å². The molecule has 0 atom stereocenters. The molecule has 0 saturated heterocycles. The molecular formula is C8H16N2O2. The molecule has 0 aromatic carbocycles. The molecule has 0 rings (SSSR count). The molecule has 70 valence electrons. The number of nitrogens with zero attached hydrogens (tertiary/aromatic N) is 1. The van der Waals surface area contributed by atoms with Crippen molar-refractivity contribution in [3.05, 3.63) is 0 Å². The van der Waals surface area contributed by atoms with Gasteiger partial charge in [-0.15, -0.1) is 0 Å². The Hall–Kier alpha value is -1.06. The van der Waals surface area contributed by atoms with Gasteiger partial charge in [0.2, 0.25) is 12.3 Å². The van der Waals surface area contributed by atoms with E-state index >= 15 is 0 Å². The minimum absolute atomic E-state index is 0.0860. The third-order valence-corrected chi connectivity index (χ3v) is 1.78. The van der Waals surface area contributed by atoms with Crippen molar-refractivity contribution in [2.45, 2.75) is 26.3 Å². The summed E-state index contributed by atoms with van der Waals surface area (Å²) in [5.41, 5.74) is -0.799. The first-order chi connectivity index (χ1) is 5.45. The third-order valence-electron chi connectivity index (χ3n) is 1.78. The highest BCUT2D eigenvalue weighted by atomic mass is 16.2. The number of carbonyl (C=O) groups is 2. The maximum absolute atomic E-state index is 11.5. The SMILES string of the molecule is CCN(C)C(=O)C(C)(C)NC=O. The molecule has 0 fully saturated rings. The van der Waals surface area contributed by atoms with E-state index in [1.54, 1.807) is 25.8 Å². The van der Waals surface area contributed by atoms with Crippen molar-refractivity contribution >= 4 is 12.3 Å². The van der Waals surface area contributed by atoms with E-state index in [0.29, 0.717) is 13.0 Å². The highest BCUT2D eigenvalue weighted by Gasteiger charge is 2.28. The van der Waals surface area contributed by atoms with Gasteiger partial charge in [0.1, 0.15) is 5.54 Å². The van der Waals surface area contributed by atoms with Crippen molar-refractivity contribution in [2.75, 3.05) is 13.6 Å². The Bertz CT molecular complexity index is 178. The number of likely N-dealkylation sites (N-methyl/N-ethyl adjacent to an activating group) is 1. The predicted octanol–water partition coefficient (Wildman–Crippen LogP) is -0.0107. The number of nitrogens with one attached hydrogen (secondary N) is 1. The molecule has 0 aliphatic heterocycles. The van der Waals surface area contributed by atoms with Gasteiger partial charge in [0.25, 0.3) is 0 Å². The molecule has 4 heteroatoms. The van der Waals surface area contributed by atoms with Crippen LogP contribution in [0.25, 0.3) is 0 Å². The van der Waals surface area contributed by atoms with E-state index in [9.17, 15) is 9.59 Å². The topological polar surface area (TPSA) is 49.4 Å². The largest absolute Gasteiger partial charge is 0.345 e. The Balaban J connectivity index is 4.33. The Morgan fingerprint density at radius 2 is 2.08 bits per heavy atom. The number of rotatable bonds is 4. The van der Waals surface area contributed by atoms with Gasteiger partial charge in [-0.3, -0.25) is 9.59 Å². The van der Waals surface area contributed by atoms with Gasteiger partial charge < -0.3 is 10.2 Å². The fourth-order valence-corrected chi connectivity index (χ4v) is 0.830. The molecule has 0 aromatic heterocycles. The first kappa shape index (κ1) is 10.9. The molecule has 0 heterocycles. The van der Waals surface area contributed by atoms with E-state index in [4.69, 9.17) is 0 Å². The predicted molar refractivity (Wildman–Crippen MR) is 46.6 cm³/mol. The van der Waals surface area contributed by atoms with Crippen LogP contribution in [0, 0.1) is 0 Å². The quantitative estimate of drug-likeness (QED) is 0.606. The molecule has 1 N–H and O–H groups in total. The third kappa shape index (κ3) is 2.53. The second-order valence-electron chi connectivity index (χ2n) is 3.21. The molecule has 0 unspecified atom stereocenters. The summed E-state index contributed by atoms with van der Waals surface area (Å²) in [6.45, 7) is 5.88. The van der Waals surface area contributed by atoms with Crippen LogP contribution < -0.4 is 5.32 Å². The molecule has 0 saturated carbocycles. The average molecular weight is 172 g/mol. The first-order valence-electron chi connectivity index (χ1n) is 3.92. The Labute approximate surface area is 72.9 Å². The van der Waals surface area contributed by atoms with E-state index < -0.39 is 5.54 Å². The van der Waals surface area contributed by atoms with Crippen molar-refractivity contribution in [3.63, 3.8) is 0 Å². The van der Waals surface area contributed by atoms with Gasteiger partial charge in [0, 0.05) is 13.6 Å². The van der Waals surface area contributed by atoms with Gasteiger partial charge in [-0.05, 0) is 20.8 Å². The van der Waals surface area contributed by atoms with Crippen LogP contribution in [0.4, 0.5) is 0 Å². The molecule has 0 aliphatic carbocycles. The highest BCUT2D eigenvalue weighted by Crippen LogP contribution is 2.04. The smallest absolute Gasteiger partial charge is 0.247 e. The molecule has 0 aliphatic rings. The Morgan fingerprint density at radius 1 is 1.58 bits per heavy atom. The van der Waals surface area contributed by atoms with Crippen LogP contribution in [0.2, 0.25) is 0 Å². The van der Waals surface area contributed by atoms with Crippen molar-refractivity contribution in [1.82, 2.24) is 10.2 Å². The summed E-state index contributed by atoms with van der Waals surface area (Å²) in [6.07, 6.45) is 0.543. The van der Waals surface area contributed by atoms with Crippen LogP contribution in [0.1, 0.15) is 20.8 Å². The number of hydrogen-bond acceptors (Lipinski definition) is 2. The summed E-state index contributed by atoms with van der Waals surface area (Å²) in [7, 11) is 1.70. The second-order valence-corrected chi connectivity index (χ2v) is 3.21. The van der Waals surface area contributed by atoms with Gasteiger partial charge in [-0.2, -0.15) is 0 Å². The number of hydrogen-bond donors (Lipinski definition) is 1. The number of amides is 2. The summed E-state index contributed by atoms with van der Waals surface area (Å²) in [4.78, 5) is 23.2. The van der Waals surface area contributed by atoms with Gasteiger partial charge in [0.05, 0.1) is 0 Å². The summed E-state index contributed by atoms with van der Waals surface area (Å²) in [6, 6.07) is 0. The summed E-state index contributed by atoms with van der Waals surface area (Å²) < 4.78 is 0. The van der Waals surface area contributed by atoms with Crippen molar-refractivity contribution < 1.29 is 9.59 Å². The maximum atomic E-state index is 11.5. The van der Waals surface area contributed by atoms with Crippen LogP contribution in [-0.4, -0.2) is 36.3 Å². The highest BCUT2D eigenvalue weighted by molar-refractivity contribution is 5.87. The lowest BCUT2D eigenvalue weighted by atomic mass is 10.0. The van der Waals surface area contributed by atoms with Gasteiger partial charge in [-0.25, -0.2) is 0 Å². The summed E-state index contributed by atoms with van der Waals surface area (Å²) in [5.74, 6) is -0.0860. The van der Waals surface area contributed by atoms with Crippen LogP contribution in [0.3, 0.4) is 0 Å². The van der Waals surface area contributed by atoms with E-state index in [1.807, 2.05) is 6.92 Å². The first-order valence-corrected chi connectivity index (χ1v) is 3.92. The van der Waals surface area contributed by atoms with Gasteiger partial charge in [0.15, 0.2) is 0 Å². The van der Waals surface area contributed by atoms with Gasteiger partial charge >= 0.3 is 0 Å². The fourth-order valence-electron chi connectivity index (χ4n) is 0.830. The zero-order valence-electron chi connectivity index (χ0n) is 8.05. The van der Waals surface area contributed by atoms with Crippen LogP contribution in [0.15, 0.2) is 0 Å². The van der Waals surface area contributed by atoms with Crippen molar-refractivity contribution in [1.29, 1.82) is 0 Å². The van der Waals surface area contributed by atoms with E-state index in [1.165, 1.54) is 0 Å². The standard InChI is InChI=1S/C8H16N2O2/c1-5-10(4)7(12)8(2,3)9-6-11/h6H,5H2,1-4H3,(H,9,11).